The van der Waals surface area contributed by atoms with E-state index in [-0.39, 0.29) is 23.7 Å². The van der Waals surface area contributed by atoms with Gasteiger partial charge >= 0.3 is 5.97 Å². The van der Waals surface area contributed by atoms with Crippen molar-refractivity contribution in [2.24, 2.45) is 11.8 Å². The van der Waals surface area contributed by atoms with E-state index in [9.17, 15) is 14.4 Å². The van der Waals surface area contributed by atoms with E-state index in [0.717, 1.165) is 11.1 Å². The van der Waals surface area contributed by atoms with Crippen molar-refractivity contribution >= 4 is 23.5 Å². The third-order valence-electron chi connectivity index (χ3n) is 6.42. The van der Waals surface area contributed by atoms with Gasteiger partial charge in [0.2, 0.25) is 11.8 Å². The Labute approximate surface area is 192 Å². The van der Waals surface area contributed by atoms with Gasteiger partial charge in [-0.1, -0.05) is 72.8 Å². The minimum absolute atomic E-state index is 0.182. The number of ether oxygens (including phenoxy) is 1. The van der Waals surface area contributed by atoms with Gasteiger partial charge in [0, 0.05) is 18.8 Å². The Balaban J connectivity index is 1.56. The van der Waals surface area contributed by atoms with Crippen LogP contribution in [0.15, 0.2) is 97.1 Å². The van der Waals surface area contributed by atoms with E-state index in [1.54, 1.807) is 24.3 Å². The Morgan fingerprint density at radius 2 is 1.15 bits per heavy atom. The molecule has 0 spiro atoms. The zero-order chi connectivity index (χ0) is 22.9. The predicted octanol–water partition coefficient (Wildman–Crippen LogP) is 4.85. The molecular formula is C28H23NO4. The molecule has 1 heterocycles. The maximum absolute atomic E-state index is 13.8. The second-order valence-corrected chi connectivity index (χ2v) is 8.41. The third-order valence-corrected chi connectivity index (χ3v) is 6.42. The lowest BCUT2D eigenvalue weighted by Crippen LogP contribution is -2.31. The molecule has 3 aromatic carbocycles. The van der Waals surface area contributed by atoms with Crippen molar-refractivity contribution < 1.29 is 19.1 Å². The number of nitrogens with zero attached hydrogens (tertiary/aromatic N) is 1. The number of carbonyl (C=O) groups is 3. The van der Waals surface area contributed by atoms with Crippen molar-refractivity contribution in [3.63, 3.8) is 0 Å². The molecule has 0 unspecified atom stereocenters. The normalized spacial score (nSPS) is 24.0. The van der Waals surface area contributed by atoms with Crippen molar-refractivity contribution in [1.82, 2.24) is 0 Å². The maximum Gasteiger partial charge on any atom is 0.308 e. The highest BCUT2D eigenvalue weighted by molar-refractivity contribution is 6.23. The summed E-state index contributed by atoms with van der Waals surface area (Å²) in [4.78, 5) is 40.0. The molecule has 0 saturated carbocycles. The zero-order valence-electron chi connectivity index (χ0n) is 18.1. The van der Waals surface area contributed by atoms with Crippen molar-refractivity contribution in [2.75, 3.05) is 4.90 Å². The molecular weight excluding hydrogens is 414 g/mol. The van der Waals surface area contributed by atoms with Crippen LogP contribution in [0.25, 0.3) is 0 Å². The minimum Gasteiger partial charge on any atom is -0.427 e. The molecule has 5 heteroatoms. The molecule has 0 aromatic heterocycles. The molecule has 0 N–H and O–H groups in total. The highest BCUT2D eigenvalue weighted by Gasteiger charge is 2.55. The molecule has 164 valence electrons. The van der Waals surface area contributed by atoms with Crippen LogP contribution in [0.4, 0.5) is 5.69 Å². The van der Waals surface area contributed by atoms with Crippen molar-refractivity contribution in [3.8, 4) is 5.75 Å². The number of benzene rings is 3. The van der Waals surface area contributed by atoms with E-state index in [2.05, 4.69) is 12.2 Å². The van der Waals surface area contributed by atoms with Crippen LogP contribution in [-0.4, -0.2) is 17.8 Å². The van der Waals surface area contributed by atoms with Crippen LogP contribution in [-0.2, 0) is 14.4 Å². The molecule has 1 aliphatic carbocycles. The van der Waals surface area contributed by atoms with Gasteiger partial charge in [-0.25, -0.2) is 4.90 Å². The first-order valence-corrected chi connectivity index (χ1v) is 11.0. The Morgan fingerprint density at radius 3 is 1.58 bits per heavy atom. The quantitative estimate of drug-likeness (QED) is 0.253. The summed E-state index contributed by atoms with van der Waals surface area (Å²) in [6.07, 6.45) is 4.15. The van der Waals surface area contributed by atoms with Crippen molar-refractivity contribution in [2.45, 2.75) is 18.8 Å². The summed E-state index contributed by atoms with van der Waals surface area (Å²) in [5.74, 6) is -1.82. The second-order valence-electron chi connectivity index (χ2n) is 8.41. The average Bonchev–Trinajstić information content (AvgIpc) is 3.10. The van der Waals surface area contributed by atoms with Gasteiger partial charge in [0.1, 0.15) is 5.75 Å². The van der Waals surface area contributed by atoms with Crippen LogP contribution < -0.4 is 9.64 Å². The van der Waals surface area contributed by atoms with Gasteiger partial charge in [-0.05, 0) is 35.4 Å². The van der Waals surface area contributed by atoms with Crippen molar-refractivity contribution in [1.29, 1.82) is 0 Å². The average molecular weight is 437 g/mol. The predicted molar refractivity (Wildman–Crippen MR) is 125 cm³/mol. The number of hydrogen-bond donors (Lipinski definition) is 0. The lowest BCUT2D eigenvalue weighted by molar-refractivity contribution is -0.132. The number of esters is 1. The summed E-state index contributed by atoms with van der Waals surface area (Å²) in [6.45, 7) is 1.33. The molecule has 3 aromatic rings. The molecule has 33 heavy (non-hydrogen) atoms. The fourth-order valence-corrected chi connectivity index (χ4v) is 5.02. The largest absolute Gasteiger partial charge is 0.427 e. The van der Waals surface area contributed by atoms with Gasteiger partial charge in [0.25, 0.3) is 0 Å². The number of carbonyl (C=O) groups excluding carboxylic acids is 3. The molecule has 2 amide bonds. The number of allylic oxidation sites excluding steroid dienone is 2. The summed E-state index contributed by atoms with van der Waals surface area (Å²) in [5, 5.41) is 0. The molecule has 1 fully saturated rings. The maximum atomic E-state index is 13.8. The Bertz CT molecular complexity index is 1150. The summed E-state index contributed by atoms with van der Waals surface area (Å²) >= 11 is 0. The molecule has 1 saturated heterocycles. The third kappa shape index (κ3) is 3.76. The molecule has 1 aliphatic heterocycles. The first-order chi connectivity index (χ1) is 16.0. The van der Waals surface area contributed by atoms with Gasteiger partial charge in [0.05, 0.1) is 17.5 Å². The van der Waals surface area contributed by atoms with E-state index in [4.69, 9.17) is 4.74 Å². The standard InChI is InChI=1S/C28H23NO4/c1-18(30)33-22-14-12-21(13-15-22)29-27(31)25-23(19-8-4-2-5-9-19)16-17-24(26(25)28(29)32)20-10-6-3-7-11-20/h2-17,23-26H,1H3/t23-,24+,25-,26+. The first-order valence-electron chi connectivity index (χ1n) is 11.0. The van der Waals surface area contributed by atoms with Gasteiger partial charge in [-0.3, -0.25) is 14.4 Å². The highest BCUT2D eigenvalue weighted by atomic mass is 16.5. The molecule has 0 bridgehead atoms. The monoisotopic (exact) mass is 437 g/mol. The summed E-state index contributed by atoms with van der Waals surface area (Å²) < 4.78 is 5.09. The molecule has 5 rings (SSSR count). The number of anilines is 1. The lowest BCUT2D eigenvalue weighted by Gasteiger charge is -2.32. The second kappa shape index (κ2) is 8.51. The van der Waals surface area contributed by atoms with E-state index in [1.165, 1.54) is 11.8 Å². The van der Waals surface area contributed by atoms with E-state index >= 15 is 0 Å². The SMILES string of the molecule is CC(=O)Oc1ccc(N2C(=O)[C@@H]3[C@H](C2=O)[C@@H](c2ccccc2)C=C[C@H]3c2ccccc2)cc1. The number of rotatable bonds is 4. The molecule has 0 radical (unpaired) electrons. The van der Waals surface area contributed by atoms with Gasteiger partial charge in [0.15, 0.2) is 0 Å². The minimum atomic E-state index is -0.497. The number of amides is 2. The number of imide groups is 1. The van der Waals surface area contributed by atoms with Crippen LogP contribution in [0, 0.1) is 11.8 Å². The van der Waals surface area contributed by atoms with Crippen LogP contribution in [0.5, 0.6) is 5.75 Å². The van der Waals surface area contributed by atoms with Gasteiger partial charge in [-0.15, -0.1) is 0 Å². The Morgan fingerprint density at radius 1 is 0.697 bits per heavy atom. The summed E-state index contributed by atoms with van der Waals surface area (Å²) in [7, 11) is 0. The first kappa shape index (κ1) is 20.9. The Kier molecular flexibility index (Phi) is 5.38. The van der Waals surface area contributed by atoms with E-state index < -0.39 is 17.8 Å². The smallest absolute Gasteiger partial charge is 0.308 e. The van der Waals surface area contributed by atoms with Gasteiger partial charge < -0.3 is 4.74 Å². The fraction of sp³-hybridized carbons (Fsp3) is 0.179. The van der Waals surface area contributed by atoms with Crippen LogP contribution in [0.3, 0.4) is 0 Å². The molecule has 4 atom stereocenters. The van der Waals surface area contributed by atoms with Crippen molar-refractivity contribution in [3.05, 3.63) is 108 Å². The zero-order valence-corrected chi connectivity index (χ0v) is 18.1. The number of fused-ring (bicyclic) bond motifs is 1. The lowest BCUT2D eigenvalue weighted by atomic mass is 9.68. The van der Waals surface area contributed by atoms with Crippen LogP contribution in [0.2, 0.25) is 0 Å². The fourth-order valence-electron chi connectivity index (χ4n) is 5.02. The topological polar surface area (TPSA) is 63.7 Å². The summed E-state index contributed by atoms with van der Waals surface area (Å²) in [6, 6.07) is 26.2. The molecule has 2 aliphatic rings. The number of hydrogen-bond acceptors (Lipinski definition) is 4. The highest BCUT2D eigenvalue weighted by Crippen LogP contribution is 2.50. The van der Waals surface area contributed by atoms with Crippen LogP contribution >= 0.6 is 0 Å². The molecule has 5 nitrogen and oxygen atoms in total. The van der Waals surface area contributed by atoms with Crippen LogP contribution in [0.1, 0.15) is 29.9 Å². The van der Waals surface area contributed by atoms with Gasteiger partial charge in [-0.2, -0.15) is 0 Å². The Hall–Kier alpha value is -3.99. The van der Waals surface area contributed by atoms with E-state index in [1.807, 2.05) is 60.7 Å². The van der Waals surface area contributed by atoms with E-state index in [0.29, 0.717) is 11.4 Å². The summed E-state index contributed by atoms with van der Waals surface area (Å²) in [5.41, 5.74) is 2.51.